The minimum Gasteiger partial charge on any atom is -0.383 e. The monoisotopic (exact) mass is 448 g/mol. The Morgan fingerprint density at radius 1 is 1.20 bits per heavy atom. The SMILES string of the molecule is CCC(Sc1nnc(-c2ccc(Cl)cc2)n1CCOC)C(=O)Nc1ccc(F)cc1. The first kappa shape index (κ1) is 22.3. The molecule has 0 bridgehead atoms. The standard InChI is InChI=1S/C21H22ClFN4O2S/c1-3-18(20(28)24-17-10-8-16(23)9-11-17)30-21-26-25-19(27(21)12-13-29-2)14-4-6-15(22)7-5-14/h4-11,18H,3,12-13H2,1-2H3,(H,24,28). The van der Waals surface area contributed by atoms with Crippen LogP contribution in [0.1, 0.15) is 13.3 Å². The van der Waals surface area contributed by atoms with Crippen LogP contribution in [0, 0.1) is 5.82 Å². The normalized spacial score (nSPS) is 12.0. The summed E-state index contributed by atoms with van der Waals surface area (Å²) in [6.07, 6.45) is 0.588. The van der Waals surface area contributed by atoms with Gasteiger partial charge in [-0.05, 0) is 55.0 Å². The van der Waals surface area contributed by atoms with Crippen molar-refractivity contribution in [2.75, 3.05) is 19.0 Å². The fourth-order valence-electron chi connectivity index (χ4n) is 2.78. The third-order valence-corrected chi connectivity index (χ3v) is 5.96. The minimum absolute atomic E-state index is 0.177. The van der Waals surface area contributed by atoms with Crippen molar-refractivity contribution in [2.24, 2.45) is 0 Å². The Balaban J connectivity index is 1.81. The van der Waals surface area contributed by atoms with Gasteiger partial charge in [0.15, 0.2) is 11.0 Å². The average molecular weight is 449 g/mol. The molecule has 0 aliphatic heterocycles. The van der Waals surface area contributed by atoms with Gasteiger partial charge in [0.25, 0.3) is 0 Å². The van der Waals surface area contributed by atoms with E-state index in [0.29, 0.717) is 41.3 Å². The topological polar surface area (TPSA) is 69.0 Å². The lowest BCUT2D eigenvalue weighted by Crippen LogP contribution is -2.25. The molecule has 9 heteroatoms. The fourth-order valence-corrected chi connectivity index (χ4v) is 3.88. The van der Waals surface area contributed by atoms with Crippen molar-refractivity contribution >= 4 is 35.0 Å². The van der Waals surface area contributed by atoms with Crippen LogP contribution >= 0.6 is 23.4 Å². The number of hydrogen-bond acceptors (Lipinski definition) is 5. The number of halogens is 2. The number of benzene rings is 2. The van der Waals surface area contributed by atoms with Gasteiger partial charge in [-0.3, -0.25) is 9.36 Å². The Hall–Kier alpha value is -2.42. The number of nitrogens with one attached hydrogen (secondary N) is 1. The van der Waals surface area contributed by atoms with Crippen LogP contribution in [0.5, 0.6) is 0 Å². The molecular formula is C21H22ClFN4O2S. The molecule has 6 nitrogen and oxygen atoms in total. The Kier molecular flexibility index (Phi) is 7.84. The van der Waals surface area contributed by atoms with Crippen molar-refractivity contribution in [3.63, 3.8) is 0 Å². The van der Waals surface area contributed by atoms with E-state index >= 15 is 0 Å². The summed E-state index contributed by atoms with van der Waals surface area (Å²) in [5, 5.41) is 12.3. The largest absolute Gasteiger partial charge is 0.383 e. The highest BCUT2D eigenvalue weighted by molar-refractivity contribution is 8.00. The zero-order valence-corrected chi connectivity index (χ0v) is 18.2. The Bertz CT molecular complexity index is 980. The summed E-state index contributed by atoms with van der Waals surface area (Å²) in [5.74, 6) is 0.152. The van der Waals surface area contributed by atoms with Crippen LogP contribution in [0.4, 0.5) is 10.1 Å². The molecule has 3 aromatic rings. The number of aromatic nitrogens is 3. The van der Waals surface area contributed by atoms with Gasteiger partial charge in [0.05, 0.1) is 18.4 Å². The maximum absolute atomic E-state index is 13.1. The van der Waals surface area contributed by atoms with E-state index in [1.807, 2.05) is 23.6 Å². The Morgan fingerprint density at radius 2 is 1.90 bits per heavy atom. The van der Waals surface area contributed by atoms with Gasteiger partial charge in [0.1, 0.15) is 5.82 Å². The molecule has 0 saturated heterocycles. The number of hydrogen-bond donors (Lipinski definition) is 1. The fraction of sp³-hybridized carbons (Fsp3) is 0.286. The smallest absolute Gasteiger partial charge is 0.237 e. The Morgan fingerprint density at radius 3 is 2.53 bits per heavy atom. The lowest BCUT2D eigenvalue weighted by molar-refractivity contribution is -0.115. The Labute approximate surface area is 183 Å². The van der Waals surface area contributed by atoms with Crippen LogP contribution < -0.4 is 5.32 Å². The summed E-state index contributed by atoms with van der Waals surface area (Å²) in [6.45, 7) is 2.95. The lowest BCUT2D eigenvalue weighted by Gasteiger charge is -2.16. The summed E-state index contributed by atoms with van der Waals surface area (Å²) >= 11 is 7.33. The van der Waals surface area contributed by atoms with E-state index in [1.165, 1.54) is 36.0 Å². The molecule has 1 atom stereocenters. The van der Waals surface area contributed by atoms with Crippen molar-refractivity contribution in [2.45, 2.75) is 30.3 Å². The number of thioether (sulfide) groups is 1. The minimum atomic E-state index is -0.390. The van der Waals surface area contributed by atoms with Crippen molar-refractivity contribution in [1.29, 1.82) is 0 Å². The number of anilines is 1. The van der Waals surface area contributed by atoms with Gasteiger partial charge >= 0.3 is 0 Å². The number of rotatable bonds is 9. The van der Waals surface area contributed by atoms with Gasteiger partial charge in [-0.15, -0.1) is 10.2 Å². The number of ether oxygens (including phenoxy) is 1. The molecule has 1 amide bonds. The van der Waals surface area contributed by atoms with Crippen molar-refractivity contribution in [1.82, 2.24) is 14.8 Å². The van der Waals surface area contributed by atoms with Gasteiger partial charge in [-0.1, -0.05) is 30.3 Å². The van der Waals surface area contributed by atoms with E-state index in [4.69, 9.17) is 16.3 Å². The lowest BCUT2D eigenvalue weighted by atomic mass is 10.2. The van der Waals surface area contributed by atoms with Crippen LogP contribution in [0.3, 0.4) is 0 Å². The van der Waals surface area contributed by atoms with Gasteiger partial charge in [0.2, 0.25) is 5.91 Å². The predicted octanol–water partition coefficient (Wildman–Crippen LogP) is 4.89. The number of methoxy groups -OCH3 is 1. The summed E-state index contributed by atoms with van der Waals surface area (Å²) in [6, 6.07) is 13.0. The number of carbonyl (C=O) groups excluding carboxylic acids is 1. The highest BCUT2D eigenvalue weighted by Gasteiger charge is 2.23. The van der Waals surface area contributed by atoms with Gasteiger partial charge in [-0.25, -0.2) is 4.39 Å². The molecule has 158 valence electrons. The first-order valence-electron chi connectivity index (χ1n) is 9.43. The number of amides is 1. The number of nitrogens with zero attached hydrogens (tertiary/aromatic N) is 3. The number of carbonyl (C=O) groups is 1. The summed E-state index contributed by atoms with van der Waals surface area (Å²) in [5.41, 5.74) is 1.42. The molecule has 2 aromatic carbocycles. The second-order valence-electron chi connectivity index (χ2n) is 6.47. The van der Waals surface area contributed by atoms with E-state index in [-0.39, 0.29) is 11.7 Å². The summed E-state index contributed by atoms with van der Waals surface area (Å²) < 4.78 is 20.3. The molecule has 0 fully saturated rings. The third-order valence-electron chi connectivity index (χ3n) is 4.36. The molecule has 3 rings (SSSR count). The molecule has 0 saturated carbocycles. The molecule has 30 heavy (non-hydrogen) atoms. The average Bonchev–Trinajstić information content (AvgIpc) is 3.14. The quantitative estimate of drug-likeness (QED) is 0.472. The molecule has 0 radical (unpaired) electrons. The second-order valence-corrected chi connectivity index (χ2v) is 8.07. The second kappa shape index (κ2) is 10.6. The van der Waals surface area contributed by atoms with Gasteiger partial charge in [0, 0.05) is 23.4 Å². The molecule has 1 N–H and O–H groups in total. The molecule has 0 aliphatic rings. The van der Waals surface area contributed by atoms with Gasteiger partial charge in [-0.2, -0.15) is 0 Å². The van der Waals surface area contributed by atoms with Crippen LogP contribution in [0.2, 0.25) is 5.02 Å². The predicted molar refractivity (Wildman–Crippen MR) is 117 cm³/mol. The summed E-state index contributed by atoms with van der Waals surface area (Å²) in [7, 11) is 1.63. The van der Waals surface area contributed by atoms with E-state index < -0.39 is 5.25 Å². The van der Waals surface area contributed by atoms with Crippen molar-refractivity contribution in [3.05, 3.63) is 59.4 Å². The molecule has 1 heterocycles. The molecule has 0 spiro atoms. The first-order chi connectivity index (χ1) is 14.5. The molecule has 0 aliphatic carbocycles. The van der Waals surface area contributed by atoms with Crippen LogP contribution in [-0.4, -0.2) is 39.6 Å². The summed E-state index contributed by atoms with van der Waals surface area (Å²) in [4.78, 5) is 12.8. The van der Waals surface area contributed by atoms with Crippen molar-refractivity contribution in [3.8, 4) is 11.4 Å². The third kappa shape index (κ3) is 5.59. The van der Waals surface area contributed by atoms with Gasteiger partial charge < -0.3 is 10.1 Å². The molecule has 1 unspecified atom stereocenters. The first-order valence-corrected chi connectivity index (χ1v) is 10.7. The van der Waals surface area contributed by atoms with Crippen LogP contribution in [0.15, 0.2) is 53.7 Å². The van der Waals surface area contributed by atoms with E-state index in [0.717, 1.165) is 5.56 Å². The van der Waals surface area contributed by atoms with E-state index in [2.05, 4.69) is 15.5 Å². The zero-order chi connectivity index (χ0) is 21.5. The molecular weight excluding hydrogens is 427 g/mol. The highest BCUT2D eigenvalue weighted by Crippen LogP contribution is 2.29. The van der Waals surface area contributed by atoms with E-state index in [1.54, 1.807) is 19.2 Å². The van der Waals surface area contributed by atoms with Crippen LogP contribution in [-0.2, 0) is 16.1 Å². The molecule has 1 aromatic heterocycles. The maximum Gasteiger partial charge on any atom is 0.237 e. The van der Waals surface area contributed by atoms with Crippen molar-refractivity contribution < 1.29 is 13.9 Å². The maximum atomic E-state index is 13.1. The highest BCUT2D eigenvalue weighted by atomic mass is 35.5. The van der Waals surface area contributed by atoms with E-state index in [9.17, 15) is 9.18 Å². The van der Waals surface area contributed by atoms with Crippen LogP contribution in [0.25, 0.3) is 11.4 Å². The zero-order valence-electron chi connectivity index (χ0n) is 16.6.